The standard InChI is InChI=1S/C55H36O/c1-55(2)48-28-25-39(32-47(48)45-27-29-49-52(53(45)55)46-26-24-34-13-5-6-17-40(34)54(46)56-49)51-43-20-9-7-18-41(43)50(42-19-8-10-21-44(42)51)38-16-11-15-36(31-38)37-23-22-33-12-3-4-14-35(33)30-37/h3-32H,1-2H3. The molecule has 12 rings (SSSR count). The number of fused-ring (bicyclic) bond motifs is 12. The van der Waals surface area contributed by atoms with Crippen molar-refractivity contribution < 1.29 is 4.42 Å². The van der Waals surface area contributed by atoms with Gasteiger partial charge in [-0.15, -0.1) is 0 Å². The Balaban J connectivity index is 1.07. The highest BCUT2D eigenvalue weighted by atomic mass is 16.3. The molecule has 0 spiro atoms. The van der Waals surface area contributed by atoms with Gasteiger partial charge in [-0.3, -0.25) is 0 Å². The normalized spacial score (nSPS) is 13.3. The highest BCUT2D eigenvalue weighted by Gasteiger charge is 2.38. The van der Waals surface area contributed by atoms with E-state index in [2.05, 4.69) is 196 Å². The molecule has 0 saturated carbocycles. The fourth-order valence-electron chi connectivity index (χ4n) is 10.0. The molecule has 1 nitrogen and oxygen atoms in total. The van der Waals surface area contributed by atoms with Crippen molar-refractivity contribution >= 4 is 65.0 Å². The highest BCUT2D eigenvalue weighted by Crippen LogP contribution is 2.55. The Morgan fingerprint density at radius 2 is 0.946 bits per heavy atom. The van der Waals surface area contributed by atoms with Crippen LogP contribution in [0.4, 0.5) is 0 Å². The molecule has 0 aliphatic heterocycles. The van der Waals surface area contributed by atoms with E-state index in [1.54, 1.807) is 0 Å². The van der Waals surface area contributed by atoms with Gasteiger partial charge in [0.15, 0.2) is 0 Å². The highest BCUT2D eigenvalue weighted by molar-refractivity contribution is 6.22. The lowest BCUT2D eigenvalue weighted by molar-refractivity contribution is 0.658. The van der Waals surface area contributed by atoms with Crippen molar-refractivity contribution in [2.45, 2.75) is 19.3 Å². The first kappa shape index (κ1) is 31.4. The van der Waals surface area contributed by atoms with Gasteiger partial charge in [-0.25, -0.2) is 0 Å². The minimum absolute atomic E-state index is 0.199. The molecule has 1 aliphatic rings. The van der Waals surface area contributed by atoms with Crippen molar-refractivity contribution in [1.82, 2.24) is 0 Å². The predicted molar refractivity (Wildman–Crippen MR) is 238 cm³/mol. The molecule has 1 heteroatoms. The third kappa shape index (κ3) is 4.37. The summed E-state index contributed by atoms with van der Waals surface area (Å²) >= 11 is 0. The zero-order valence-corrected chi connectivity index (χ0v) is 31.2. The van der Waals surface area contributed by atoms with Gasteiger partial charge in [0, 0.05) is 21.6 Å². The van der Waals surface area contributed by atoms with Crippen molar-refractivity contribution in [3.8, 4) is 44.5 Å². The first-order chi connectivity index (χ1) is 27.5. The SMILES string of the molecule is CC1(C)c2ccc(-c3c4ccccc4c(-c4cccc(-c5ccc6ccccc6c5)c4)c4ccccc34)cc2-c2ccc3oc4c5ccccc5ccc4c3c21. The van der Waals surface area contributed by atoms with Crippen molar-refractivity contribution in [3.63, 3.8) is 0 Å². The molecule has 56 heavy (non-hydrogen) atoms. The maximum Gasteiger partial charge on any atom is 0.143 e. The summed E-state index contributed by atoms with van der Waals surface area (Å²) in [5.74, 6) is 0. The molecular weight excluding hydrogens is 677 g/mol. The molecule has 0 saturated heterocycles. The first-order valence-corrected chi connectivity index (χ1v) is 19.6. The first-order valence-electron chi connectivity index (χ1n) is 19.6. The van der Waals surface area contributed by atoms with Crippen molar-refractivity contribution in [3.05, 3.63) is 193 Å². The Morgan fingerprint density at radius 3 is 1.68 bits per heavy atom. The molecule has 0 unspecified atom stereocenters. The molecule has 0 bridgehead atoms. The summed E-state index contributed by atoms with van der Waals surface area (Å²) in [5.41, 5.74) is 14.5. The van der Waals surface area contributed by atoms with Crippen LogP contribution < -0.4 is 0 Å². The van der Waals surface area contributed by atoms with E-state index in [1.165, 1.54) is 104 Å². The second kappa shape index (κ2) is 11.5. The van der Waals surface area contributed by atoms with Crippen LogP contribution in [-0.4, -0.2) is 0 Å². The number of rotatable bonds is 3. The summed E-state index contributed by atoms with van der Waals surface area (Å²) in [6, 6.07) is 67.1. The largest absolute Gasteiger partial charge is 0.455 e. The van der Waals surface area contributed by atoms with Crippen molar-refractivity contribution in [1.29, 1.82) is 0 Å². The van der Waals surface area contributed by atoms with Gasteiger partial charge in [0.1, 0.15) is 11.2 Å². The van der Waals surface area contributed by atoms with E-state index < -0.39 is 0 Å². The summed E-state index contributed by atoms with van der Waals surface area (Å²) < 4.78 is 6.67. The van der Waals surface area contributed by atoms with Crippen LogP contribution in [0.5, 0.6) is 0 Å². The van der Waals surface area contributed by atoms with Crippen LogP contribution in [0.1, 0.15) is 25.0 Å². The van der Waals surface area contributed by atoms with Gasteiger partial charge in [-0.2, -0.15) is 0 Å². The topological polar surface area (TPSA) is 13.1 Å². The van der Waals surface area contributed by atoms with Crippen LogP contribution >= 0.6 is 0 Å². The van der Waals surface area contributed by atoms with Crippen LogP contribution in [0.25, 0.3) is 110 Å². The molecule has 0 N–H and O–H groups in total. The third-order valence-electron chi connectivity index (χ3n) is 12.6. The van der Waals surface area contributed by atoms with Crippen molar-refractivity contribution in [2.24, 2.45) is 0 Å². The third-order valence-corrected chi connectivity index (χ3v) is 12.6. The maximum absolute atomic E-state index is 6.67. The molecule has 262 valence electrons. The molecule has 11 aromatic rings. The van der Waals surface area contributed by atoms with Crippen LogP contribution in [0, 0.1) is 0 Å². The summed E-state index contributed by atoms with van der Waals surface area (Å²) in [5, 5.41) is 12.3. The quantitative estimate of drug-likeness (QED) is 0.166. The summed E-state index contributed by atoms with van der Waals surface area (Å²) in [7, 11) is 0. The predicted octanol–water partition coefficient (Wildman–Crippen LogP) is 15.5. The van der Waals surface area contributed by atoms with Gasteiger partial charge in [0.05, 0.1) is 0 Å². The Kier molecular flexibility index (Phi) is 6.46. The van der Waals surface area contributed by atoms with Crippen LogP contribution in [0.15, 0.2) is 186 Å². The minimum atomic E-state index is -0.199. The van der Waals surface area contributed by atoms with Gasteiger partial charge < -0.3 is 4.42 Å². The summed E-state index contributed by atoms with van der Waals surface area (Å²) in [4.78, 5) is 0. The number of furan rings is 1. The smallest absolute Gasteiger partial charge is 0.143 e. The molecule has 10 aromatic carbocycles. The molecule has 1 aromatic heterocycles. The van der Waals surface area contributed by atoms with E-state index in [-0.39, 0.29) is 5.41 Å². The molecule has 0 fully saturated rings. The number of hydrogen-bond acceptors (Lipinski definition) is 1. The molecule has 0 atom stereocenters. The van der Waals surface area contributed by atoms with E-state index in [0.29, 0.717) is 0 Å². The maximum atomic E-state index is 6.67. The van der Waals surface area contributed by atoms with E-state index in [0.717, 1.165) is 16.6 Å². The lowest BCUT2D eigenvalue weighted by Crippen LogP contribution is -2.15. The monoisotopic (exact) mass is 712 g/mol. The Labute approximate surface area is 325 Å². The molecule has 1 aliphatic carbocycles. The summed E-state index contributed by atoms with van der Waals surface area (Å²) in [6.45, 7) is 4.75. The lowest BCUT2D eigenvalue weighted by atomic mass is 9.80. The fraction of sp³-hybridized carbons (Fsp3) is 0.0545. The van der Waals surface area contributed by atoms with Gasteiger partial charge in [0.25, 0.3) is 0 Å². The van der Waals surface area contributed by atoms with Crippen LogP contribution in [0.3, 0.4) is 0 Å². The Morgan fingerprint density at radius 1 is 0.375 bits per heavy atom. The van der Waals surface area contributed by atoms with Crippen LogP contribution in [0.2, 0.25) is 0 Å². The average Bonchev–Trinajstić information content (AvgIpc) is 3.74. The number of benzene rings is 10. The second-order valence-corrected chi connectivity index (χ2v) is 16.0. The zero-order chi connectivity index (χ0) is 37.1. The fourth-order valence-corrected chi connectivity index (χ4v) is 10.0. The minimum Gasteiger partial charge on any atom is -0.455 e. The zero-order valence-electron chi connectivity index (χ0n) is 31.2. The Hall–Kier alpha value is -6.96. The van der Waals surface area contributed by atoms with Gasteiger partial charge >= 0.3 is 0 Å². The van der Waals surface area contributed by atoms with E-state index in [9.17, 15) is 0 Å². The Bertz CT molecular complexity index is 3390. The van der Waals surface area contributed by atoms with E-state index in [4.69, 9.17) is 4.42 Å². The van der Waals surface area contributed by atoms with Crippen molar-refractivity contribution in [2.75, 3.05) is 0 Å². The number of hydrogen-bond donors (Lipinski definition) is 0. The van der Waals surface area contributed by atoms with Crippen LogP contribution in [-0.2, 0) is 5.41 Å². The van der Waals surface area contributed by atoms with Gasteiger partial charge in [-0.05, 0) is 124 Å². The molecule has 0 amide bonds. The molecule has 1 heterocycles. The average molecular weight is 713 g/mol. The molecular formula is C55H36O. The van der Waals surface area contributed by atoms with Gasteiger partial charge in [0.2, 0.25) is 0 Å². The van der Waals surface area contributed by atoms with E-state index in [1.807, 2.05) is 0 Å². The van der Waals surface area contributed by atoms with Gasteiger partial charge in [-0.1, -0.05) is 166 Å². The lowest BCUT2D eigenvalue weighted by Gasteiger charge is -2.23. The summed E-state index contributed by atoms with van der Waals surface area (Å²) in [6.07, 6.45) is 0. The molecule has 0 radical (unpaired) electrons. The second-order valence-electron chi connectivity index (χ2n) is 16.0. The van der Waals surface area contributed by atoms with E-state index >= 15 is 0 Å².